The van der Waals surface area contributed by atoms with E-state index in [-0.39, 0.29) is 11.7 Å². The van der Waals surface area contributed by atoms with Crippen molar-refractivity contribution in [1.82, 2.24) is 9.97 Å². The van der Waals surface area contributed by atoms with Gasteiger partial charge in [0.1, 0.15) is 5.82 Å². The quantitative estimate of drug-likeness (QED) is 0.622. The summed E-state index contributed by atoms with van der Waals surface area (Å²) in [5.74, 6) is 1.16. The topological polar surface area (TPSA) is 58.1 Å². The summed E-state index contributed by atoms with van der Waals surface area (Å²) in [5.41, 5.74) is 0.768. The fraction of sp³-hybridized carbons (Fsp3) is 0.312. The Hall–Kier alpha value is -1.60. The number of anilines is 2. The minimum Gasteiger partial charge on any atom is -0.356 e. The highest BCUT2D eigenvalue weighted by atomic mass is 79.9. The number of halogens is 1. The van der Waals surface area contributed by atoms with Gasteiger partial charge in [0, 0.05) is 23.8 Å². The normalized spacial score (nSPS) is 14.0. The second-order valence-electron chi connectivity index (χ2n) is 5.21. The largest absolute Gasteiger partial charge is 0.356 e. The molecule has 1 aliphatic heterocycles. The molecule has 0 saturated carbocycles. The number of carbonyl (C=O) groups excluding carboxylic acids is 1. The van der Waals surface area contributed by atoms with Gasteiger partial charge in [-0.3, -0.25) is 4.79 Å². The third kappa shape index (κ3) is 4.45. The maximum absolute atomic E-state index is 12.1. The summed E-state index contributed by atoms with van der Waals surface area (Å²) in [7, 11) is 0. The van der Waals surface area contributed by atoms with Crippen LogP contribution in [0.4, 0.5) is 11.5 Å². The van der Waals surface area contributed by atoms with Crippen LogP contribution in [0.2, 0.25) is 0 Å². The number of carbonyl (C=O) groups is 1. The molecule has 3 rings (SSSR count). The molecule has 2 heterocycles. The summed E-state index contributed by atoms with van der Waals surface area (Å²) in [6.07, 6.45) is 4.18. The van der Waals surface area contributed by atoms with E-state index in [2.05, 4.69) is 36.1 Å². The number of thioether (sulfide) groups is 1. The van der Waals surface area contributed by atoms with E-state index in [1.54, 1.807) is 6.20 Å². The molecule has 0 aliphatic carbocycles. The average Bonchev–Trinajstić information content (AvgIpc) is 3.10. The SMILES string of the molecule is O=C(CSc1nccc(N2CCCC2)n1)Nc1ccccc1Br. The van der Waals surface area contributed by atoms with Gasteiger partial charge in [-0.1, -0.05) is 23.9 Å². The van der Waals surface area contributed by atoms with Crippen LogP contribution in [-0.2, 0) is 4.79 Å². The molecule has 120 valence electrons. The zero-order valence-corrected chi connectivity index (χ0v) is 14.9. The first-order chi connectivity index (χ1) is 11.2. The average molecular weight is 393 g/mol. The molecule has 0 unspecified atom stereocenters. The van der Waals surface area contributed by atoms with Gasteiger partial charge < -0.3 is 10.2 Å². The molecule has 1 aliphatic rings. The summed E-state index contributed by atoms with van der Waals surface area (Å²) in [6, 6.07) is 9.47. The van der Waals surface area contributed by atoms with Crippen LogP contribution in [-0.4, -0.2) is 34.7 Å². The molecule has 1 aromatic carbocycles. The highest BCUT2D eigenvalue weighted by Crippen LogP contribution is 2.23. The number of rotatable bonds is 5. The molecule has 23 heavy (non-hydrogen) atoms. The Morgan fingerprint density at radius 3 is 2.83 bits per heavy atom. The number of hydrogen-bond acceptors (Lipinski definition) is 5. The minimum atomic E-state index is -0.0722. The van der Waals surface area contributed by atoms with Crippen LogP contribution in [0.15, 0.2) is 46.2 Å². The summed E-state index contributed by atoms with van der Waals surface area (Å²) < 4.78 is 0.866. The van der Waals surface area contributed by atoms with Crippen molar-refractivity contribution < 1.29 is 4.79 Å². The van der Waals surface area contributed by atoms with Gasteiger partial charge in [-0.25, -0.2) is 9.97 Å². The van der Waals surface area contributed by atoms with Crippen LogP contribution < -0.4 is 10.2 Å². The zero-order valence-electron chi connectivity index (χ0n) is 12.5. The monoisotopic (exact) mass is 392 g/mol. The molecule has 0 spiro atoms. The number of benzene rings is 1. The van der Waals surface area contributed by atoms with E-state index < -0.39 is 0 Å². The van der Waals surface area contributed by atoms with Gasteiger partial charge in [0.25, 0.3) is 0 Å². The van der Waals surface area contributed by atoms with E-state index in [1.807, 2.05) is 30.3 Å². The number of hydrogen-bond donors (Lipinski definition) is 1. The predicted molar refractivity (Wildman–Crippen MR) is 97.0 cm³/mol. The summed E-state index contributed by atoms with van der Waals surface area (Å²) >= 11 is 4.77. The summed E-state index contributed by atoms with van der Waals surface area (Å²) in [4.78, 5) is 23.1. The van der Waals surface area contributed by atoms with Crippen molar-refractivity contribution >= 4 is 45.1 Å². The molecule has 1 saturated heterocycles. The number of amides is 1. The molecule has 1 fully saturated rings. The van der Waals surface area contributed by atoms with Crippen LogP contribution in [0.5, 0.6) is 0 Å². The predicted octanol–water partition coefficient (Wildman–Crippen LogP) is 3.57. The molecule has 0 atom stereocenters. The fourth-order valence-electron chi connectivity index (χ4n) is 2.40. The molecule has 5 nitrogen and oxygen atoms in total. The summed E-state index contributed by atoms with van der Waals surface area (Å²) in [6.45, 7) is 2.09. The lowest BCUT2D eigenvalue weighted by atomic mass is 10.3. The smallest absolute Gasteiger partial charge is 0.234 e. The lowest BCUT2D eigenvalue weighted by Crippen LogP contribution is -2.19. The van der Waals surface area contributed by atoms with Crippen LogP contribution in [0.1, 0.15) is 12.8 Å². The van der Waals surface area contributed by atoms with Crippen molar-refractivity contribution in [2.75, 3.05) is 29.1 Å². The maximum Gasteiger partial charge on any atom is 0.234 e. The van der Waals surface area contributed by atoms with Gasteiger partial charge in [0.2, 0.25) is 5.91 Å². The number of para-hydroxylation sites is 1. The van der Waals surface area contributed by atoms with E-state index in [4.69, 9.17) is 0 Å². The Labute approximate surface area is 148 Å². The van der Waals surface area contributed by atoms with Crippen molar-refractivity contribution in [1.29, 1.82) is 0 Å². The Balaban J connectivity index is 1.56. The van der Waals surface area contributed by atoms with Crippen molar-refractivity contribution in [2.24, 2.45) is 0 Å². The molecule has 1 amide bonds. The van der Waals surface area contributed by atoms with Crippen LogP contribution >= 0.6 is 27.7 Å². The zero-order chi connectivity index (χ0) is 16.1. The molecular weight excluding hydrogens is 376 g/mol. The van der Waals surface area contributed by atoms with E-state index in [0.717, 1.165) is 29.1 Å². The molecule has 2 aromatic rings. The first kappa shape index (κ1) is 16.3. The van der Waals surface area contributed by atoms with Crippen LogP contribution in [0.3, 0.4) is 0 Å². The van der Waals surface area contributed by atoms with Crippen LogP contribution in [0, 0.1) is 0 Å². The standard InChI is InChI=1S/C16H17BrN4OS/c17-12-5-1-2-6-13(12)19-15(22)11-23-16-18-8-7-14(20-16)21-9-3-4-10-21/h1-2,5-8H,3-4,9-11H2,(H,19,22). The Kier molecular flexibility index (Phi) is 5.51. The highest BCUT2D eigenvalue weighted by Gasteiger charge is 2.14. The highest BCUT2D eigenvalue weighted by molar-refractivity contribution is 9.10. The minimum absolute atomic E-state index is 0.0722. The van der Waals surface area contributed by atoms with Gasteiger partial charge in [-0.2, -0.15) is 0 Å². The molecule has 1 aromatic heterocycles. The second-order valence-corrected chi connectivity index (χ2v) is 7.01. The van der Waals surface area contributed by atoms with Gasteiger partial charge in [0.15, 0.2) is 5.16 Å². The molecule has 0 radical (unpaired) electrons. The fourth-order valence-corrected chi connectivity index (χ4v) is 3.41. The van der Waals surface area contributed by atoms with Gasteiger partial charge >= 0.3 is 0 Å². The first-order valence-corrected chi connectivity index (χ1v) is 9.25. The molecular formula is C16H17BrN4OS. The number of aromatic nitrogens is 2. The Morgan fingerprint density at radius 2 is 2.04 bits per heavy atom. The van der Waals surface area contributed by atoms with Gasteiger partial charge in [0.05, 0.1) is 11.4 Å². The third-order valence-corrected chi connectivity index (χ3v) is 5.08. The molecule has 7 heteroatoms. The van der Waals surface area contributed by atoms with Gasteiger partial charge in [-0.15, -0.1) is 0 Å². The second kappa shape index (κ2) is 7.79. The molecule has 1 N–H and O–H groups in total. The van der Waals surface area contributed by atoms with Crippen molar-refractivity contribution in [3.63, 3.8) is 0 Å². The summed E-state index contributed by atoms with van der Waals surface area (Å²) in [5, 5.41) is 3.51. The Bertz CT molecular complexity index is 691. The number of nitrogens with zero attached hydrogens (tertiary/aromatic N) is 3. The number of nitrogens with one attached hydrogen (secondary N) is 1. The third-order valence-electron chi connectivity index (χ3n) is 3.53. The van der Waals surface area contributed by atoms with E-state index in [9.17, 15) is 4.79 Å². The Morgan fingerprint density at radius 1 is 1.26 bits per heavy atom. The lowest BCUT2D eigenvalue weighted by Gasteiger charge is -2.16. The van der Waals surface area contributed by atoms with Crippen molar-refractivity contribution in [3.8, 4) is 0 Å². The molecule has 0 bridgehead atoms. The van der Waals surface area contributed by atoms with Crippen LogP contribution in [0.25, 0.3) is 0 Å². The van der Waals surface area contributed by atoms with E-state index in [1.165, 1.54) is 24.6 Å². The maximum atomic E-state index is 12.1. The van der Waals surface area contributed by atoms with E-state index in [0.29, 0.717) is 5.16 Å². The lowest BCUT2D eigenvalue weighted by molar-refractivity contribution is -0.113. The van der Waals surface area contributed by atoms with E-state index >= 15 is 0 Å². The van der Waals surface area contributed by atoms with Crippen molar-refractivity contribution in [3.05, 3.63) is 41.0 Å². The first-order valence-electron chi connectivity index (χ1n) is 7.47. The van der Waals surface area contributed by atoms with Crippen molar-refractivity contribution in [2.45, 2.75) is 18.0 Å². The van der Waals surface area contributed by atoms with Gasteiger partial charge in [-0.05, 0) is 47.0 Å².